The van der Waals surface area contributed by atoms with Gasteiger partial charge in [0.05, 0.1) is 12.3 Å². The van der Waals surface area contributed by atoms with E-state index in [1.54, 1.807) is 28.9 Å². The molecule has 0 radical (unpaired) electrons. The van der Waals surface area contributed by atoms with Crippen LogP contribution in [-0.4, -0.2) is 24.3 Å². The van der Waals surface area contributed by atoms with Crippen molar-refractivity contribution >= 4 is 26.0 Å². The van der Waals surface area contributed by atoms with E-state index in [1.807, 2.05) is 6.07 Å². The zero-order valence-corrected chi connectivity index (χ0v) is 14.4. The second-order valence-electron chi connectivity index (χ2n) is 5.34. The molecule has 0 saturated carbocycles. The highest BCUT2D eigenvalue weighted by Crippen LogP contribution is 2.35. The van der Waals surface area contributed by atoms with Crippen molar-refractivity contribution in [1.82, 2.24) is 9.29 Å². The highest BCUT2D eigenvalue weighted by Gasteiger charge is 2.35. The highest BCUT2D eigenvalue weighted by molar-refractivity contribution is 9.10. The van der Waals surface area contributed by atoms with E-state index in [2.05, 4.69) is 20.9 Å². The number of nitrogens with zero attached hydrogens (tertiary/aromatic N) is 2. The Morgan fingerprint density at radius 2 is 2.14 bits per heavy atom. The summed E-state index contributed by atoms with van der Waals surface area (Å²) < 4.78 is 33.7. The molecule has 0 bridgehead atoms. The molecular formula is C15H17BrN2O3S. The molecule has 2 aromatic rings. The topological polar surface area (TPSA) is 63.4 Å². The average Bonchev–Trinajstić information content (AvgIpc) is 2.91. The van der Waals surface area contributed by atoms with Crippen molar-refractivity contribution < 1.29 is 12.8 Å². The molecule has 0 aromatic carbocycles. The number of halogens is 1. The van der Waals surface area contributed by atoms with Crippen LogP contribution in [0.25, 0.3) is 0 Å². The number of hydrogen-bond donors (Lipinski definition) is 0. The number of sulfonamides is 1. The summed E-state index contributed by atoms with van der Waals surface area (Å²) >= 11 is 3.28. The van der Waals surface area contributed by atoms with E-state index in [9.17, 15) is 8.42 Å². The van der Waals surface area contributed by atoms with Crippen molar-refractivity contribution in [2.75, 3.05) is 6.54 Å². The van der Waals surface area contributed by atoms with Crippen LogP contribution in [0.1, 0.15) is 37.5 Å². The molecule has 22 heavy (non-hydrogen) atoms. The van der Waals surface area contributed by atoms with Crippen LogP contribution >= 0.6 is 15.9 Å². The zero-order chi connectivity index (χ0) is 15.6. The first-order valence-electron chi connectivity index (χ1n) is 7.25. The lowest BCUT2D eigenvalue weighted by Crippen LogP contribution is -2.34. The quantitative estimate of drug-likeness (QED) is 0.808. The average molecular weight is 385 g/mol. The van der Waals surface area contributed by atoms with Crippen LogP contribution in [0.15, 0.2) is 50.6 Å². The summed E-state index contributed by atoms with van der Waals surface area (Å²) in [6.45, 7) is 0.500. The Hall–Kier alpha value is -1.18. The van der Waals surface area contributed by atoms with Crippen LogP contribution in [0.5, 0.6) is 0 Å². The van der Waals surface area contributed by atoms with Gasteiger partial charge in [-0.05, 0) is 47.0 Å². The van der Waals surface area contributed by atoms with Crippen molar-refractivity contribution in [2.45, 2.75) is 36.6 Å². The Morgan fingerprint density at radius 3 is 2.86 bits per heavy atom. The number of furan rings is 1. The van der Waals surface area contributed by atoms with Gasteiger partial charge in [0.2, 0.25) is 10.0 Å². The van der Waals surface area contributed by atoms with Crippen LogP contribution in [0.3, 0.4) is 0 Å². The van der Waals surface area contributed by atoms with Crippen LogP contribution in [0.4, 0.5) is 0 Å². The second kappa shape index (κ2) is 6.52. The summed E-state index contributed by atoms with van der Waals surface area (Å²) in [5.41, 5.74) is 0. The lowest BCUT2D eigenvalue weighted by Gasteiger charge is -2.27. The van der Waals surface area contributed by atoms with Gasteiger partial charge >= 0.3 is 0 Å². The van der Waals surface area contributed by atoms with Crippen molar-refractivity contribution in [3.8, 4) is 0 Å². The maximum atomic E-state index is 13.0. The second-order valence-corrected chi connectivity index (χ2v) is 8.14. The summed E-state index contributed by atoms with van der Waals surface area (Å²) in [5, 5.41) is 0. The maximum absolute atomic E-state index is 13.0. The zero-order valence-electron chi connectivity index (χ0n) is 12.0. The summed E-state index contributed by atoms with van der Waals surface area (Å²) in [6, 6.07) is 4.98. The fraction of sp³-hybridized carbons (Fsp3) is 0.400. The fourth-order valence-electron chi connectivity index (χ4n) is 2.80. The van der Waals surface area contributed by atoms with Gasteiger partial charge in [-0.1, -0.05) is 12.8 Å². The Labute approximate surface area is 138 Å². The third-order valence-electron chi connectivity index (χ3n) is 3.86. The van der Waals surface area contributed by atoms with Crippen LogP contribution in [0.2, 0.25) is 0 Å². The first-order valence-corrected chi connectivity index (χ1v) is 9.48. The molecular weight excluding hydrogens is 368 g/mol. The van der Waals surface area contributed by atoms with Crippen molar-refractivity contribution in [1.29, 1.82) is 0 Å². The van der Waals surface area contributed by atoms with Crippen LogP contribution in [-0.2, 0) is 10.0 Å². The molecule has 7 heteroatoms. The summed E-state index contributed by atoms with van der Waals surface area (Å²) in [6.07, 6.45) is 8.21. The lowest BCUT2D eigenvalue weighted by atomic mass is 10.1. The Morgan fingerprint density at radius 1 is 1.27 bits per heavy atom. The van der Waals surface area contributed by atoms with E-state index in [0.29, 0.717) is 16.8 Å². The van der Waals surface area contributed by atoms with Gasteiger partial charge < -0.3 is 4.42 Å². The van der Waals surface area contributed by atoms with Gasteiger partial charge in [0.15, 0.2) is 0 Å². The van der Waals surface area contributed by atoms with Gasteiger partial charge in [0.1, 0.15) is 10.7 Å². The first kappa shape index (κ1) is 15.7. The molecule has 0 N–H and O–H groups in total. The summed E-state index contributed by atoms with van der Waals surface area (Å²) in [5.74, 6) is 0.702. The van der Waals surface area contributed by atoms with Crippen LogP contribution in [0, 0.1) is 0 Å². The molecule has 0 spiro atoms. The first-order chi connectivity index (χ1) is 10.6. The molecule has 1 aliphatic heterocycles. The molecule has 3 rings (SSSR count). The fourth-order valence-corrected chi connectivity index (χ4v) is 4.97. The third kappa shape index (κ3) is 3.11. The minimum atomic E-state index is -3.60. The Kier molecular flexibility index (Phi) is 4.65. The van der Waals surface area contributed by atoms with Gasteiger partial charge in [-0.3, -0.25) is 4.98 Å². The van der Waals surface area contributed by atoms with Gasteiger partial charge in [-0.2, -0.15) is 4.31 Å². The lowest BCUT2D eigenvalue weighted by molar-refractivity contribution is 0.285. The van der Waals surface area contributed by atoms with E-state index >= 15 is 0 Å². The normalized spacial score (nSPS) is 20.7. The maximum Gasteiger partial charge on any atom is 0.245 e. The van der Waals surface area contributed by atoms with Gasteiger partial charge in [0, 0.05) is 23.4 Å². The number of aromatic nitrogens is 1. The van der Waals surface area contributed by atoms with E-state index in [4.69, 9.17) is 4.42 Å². The van der Waals surface area contributed by atoms with Gasteiger partial charge in [-0.25, -0.2) is 8.42 Å². The molecule has 5 nitrogen and oxygen atoms in total. The number of pyridine rings is 1. The SMILES string of the molecule is O=S(=O)(c1cncc(Br)c1)N1CCCCCC1c1ccco1. The molecule has 2 aromatic heterocycles. The van der Waals surface area contributed by atoms with Crippen molar-refractivity contribution in [2.24, 2.45) is 0 Å². The summed E-state index contributed by atoms with van der Waals surface area (Å²) in [7, 11) is -3.60. The molecule has 3 heterocycles. The van der Waals surface area contributed by atoms with Crippen molar-refractivity contribution in [3.05, 3.63) is 47.1 Å². The van der Waals surface area contributed by atoms with E-state index < -0.39 is 10.0 Å². The van der Waals surface area contributed by atoms with E-state index in [0.717, 1.165) is 25.7 Å². The molecule has 1 fully saturated rings. The van der Waals surface area contributed by atoms with Gasteiger partial charge in [-0.15, -0.1) is 0 Å². The molecule has 1 atom stereocenters. The Bertz CT molecular complexity index is 731. The summed E-state index contributed by atoms with van der Waals surface area (Å²) in [4.78, 5) is 4.19. The highest BCUT2D eigenvalue weighted by atomic mass is 79.9. The van der Waals surface area contributed by atoms with E-state index in [1.165, 1.54) is 6.20 Å². The predicted molar refractivity (Wildman–Crippen MR) is 85.7 cm³/mol. The molecule has 0 aliphatic carbocycles. The van der Waals surface area contributed by atoms with Crippen molar-refractivity contribution in [3.63, 3.8) is 0 Å². The molecule has 1 aliphatic rings. The minimum Gasteiger partial charge on any atom is -0.468 e. The smallest absolute Gasteiger partial charge is 0.245 e. The van der Waals surface area contributed by atoms with Crippen LogP contribution < -0.4 is 0 Å². The van der Waals surface area contributed by atoms with E-state index in [-0.39, 0.29) is 10.9 Å². The number of hydrogen-bond acceptors (Lipinski definition) is 4. The predicted octanol–water partition coefficient (Wildman–Crippen LogP) is 3.74. The molecule has 1 saturated heterocycles. The Balaban J connectivity index is 2.01. The monoisotopic (exact) mass is 384 g/mol. The molecule has 1 unspecified atom stereocenters. The third-order valence-corrected chi connectivity index (χ3v) is 6.17. The number of rotatable bonds is 3. The molecule has 118 valence electrons. The molecule has 0 amide bonds. The minimum absolute atomic E-state index is 0.209. The van der Waals surface area contributed by atoms with Gasteiger partial charge in [0.25, 0.3) is 0 Å². The standard InChI is InChI=1S/C15H17BrN2O3S/c16-12-9-13(11-17-10-12)22(19,20)18-7-3-1-2-5-14(18)15-6-4-8-21-15/h4,6,8-11,14H,1-3,5,7H2. The largest absolute Gasteiger partial charge is 0.468 e.